The number of anilines is 1. The van der Waals surface area contributed by atoms with Gasteiger partial charge in [0.15, 0.2) is 0 Å². The Morgan fingerprint density at radius 3 is 2.70 bits per heavy atom. The Morgan fingerprint density at radius 2 is 1.96 bits per heavy atom. The summed E-state index contributed by atoms with van der Waals surface area (Å²) in [6.07, 6.45) is 4.79. The van der Waals surface area contributed by atoms with Gasteiger partial charge in [-0.25, -0.2) is 13.1 Å². The molecular formula is C20H22N2O4S. The molecule has 0 saturated heterocycles. The highest BCUT2D eigenvalue weighted by Gasteiger charge is 2.13. The number of amides is 1. The summed E-state index contributed by atoms with van der Waals surface area (Å²) in [5, 5.41) is 2.72. The zero-order chi connectivity index (χ0) is 19.3. The van der Waals surface area contributed by atoms with Crippen LogP contribution in [-0.4, -0.2) is 27.5 Å². The highest BCUT2D eigenvalue weighted by molar-refractivity contribution is 7.89. The fraction of sp³-hybridized carbons (Fsp3) is 0.250. The largest absolute Gasteiger partial charge is 0.493 e. The summed E-state index contributed by atoms with van der Waals surface area (Å²) >= 11 is 0. The lowest BCUT2D eigenvalue weighted by atomic mass is 10.1. The van der Waals surface area contributed by atoms with Crippen LogP contribution in [0.15, 0.2) is 53.4 Å². The van der Waals surface area contributed by atoms with E-state index in [0.29, 0.717) is 18.8 Å². The van der Waals surface area contributed by atoms with E-state index in [1.165, 1.54) is 18.2 Å². The molecule has 0 bridgehead atoms. The third kappa shape index (κ3) is 4.96. The summed E-state index contributed by atoms with van der Waals surface area (Å²) in [5.41, 5.74) is 2.60. The highest BCUT2D eigenvalue weighted by atomic mass is 32.2. The smallest absolute Gasteiger partial charge is 0.248 e. The van der Waals surface area contributed by atoms with Crippen LogP contribution in [0.25, 0.3) is 6.08 Å². The first-order valence-electron chi connectivity index (χ1n) is 8.82. The summed E-state index contributed by atoms with van der Waals surface area (Å²) in [6.45, 7) is 2.98. The van der Waals surface area contributed by atoms with E-state index in [9.17, 15) is 13.2 Å². The predicted molar refractivity (Wildman–Crippen MR) is 105 cm³/mol. The molecule has 2 aromatic rings. The van der Waals surface area contributed by atoms with Crippen LogP contribution in [0, 0.1) is 0 Å². The van der Waals surface area contributed by atoms with Crippen LogP contribution in [-0.2, 0) is 21.2 Å². The van der Waals surface area contributed by atoms with Crippen molar-refractivity contribution in [3.8, 4) is 5.75 Å². The van der Waals surface area contributed by atoms with Crippen molar-refractivity contribution in [2.75, 3.05) is 18.5 Å². The standard InChI is InChI=1S/C20H22N2O4S/c1-2-12-21-27(24,25)18-7-5-17(6-8-18)22-20(23)10-4-15-3-9-19-16(14-15)11-13-26-19/h3-10,14,21H,2,11-13H2,1H3,(H,22,23)/b10-4+. The van der Waals surface area contributed by atoms with E-state index in [1.54, 1.807) is 18.2 Å². The van der Waals surface area contributed by atoms with Gasteiger partial charge in [0.1, 0.15) is 5.75 Å². The van der Waals surface area contributed by atoms with Gasteiger partial charge in [0, 0.05) is 24.7 Å². The number of carbonyl (C=O) groups is 1. The van der Waals surface area contributed by atoms with Crippen molar-refractivity contribution >= 4 is 27.7 Å². The van der Waals surface area contributed by atoms with E-state index in [0.717, 1.165) is 29.7 Å². The predicted octanol–water partition coefficient (Wildman–Crippen LogP) is 2.96. The molecule has 0 aromatic heterocycles. The normalized spacial score (nSPS) is 13.4. The van der Waals surface area contributed by atoms with Crippen molar-refractivity contribution in [3.05, 3.63) is 59.7 Å². The molecule has 0 aliphatic carbocycles. The fourth-order valence-corrected chi connectivity index (χ4v) is 3.84. The van der Waals surface area contributed by atoms with Crippen LogP contribution >= 0.6 is 0 Å². The Hall–Kier alpha value is -2.64. The number of carbonyl (C=O) groups excluding carboxylic acids is 1. The van der Waals surface area contributed by atoms with Gasteiger partial charge in [-0.2, -0.15) is 0 Å². The molecule has 1 heterocycles. The van der Waals surface area contributed by atoms with Crippen LogP contribution in [0.1, 0.15) is 24.5 Å². The Bertz CT molecular complexity index is 950. The molecule has 142 valence electrons. The minimum Gasteiger partial charge on any atom is -0.493 e. The van der Waals surface area contributed by atoms with Gasteiger partial charge in [-0.15, -0.1) is 0 Å². The molecule has 0 unspecified atom stereocenters. The Labute approximate surface area is 159 Å². The van der Waals surface area contributed by atoms with Crippen LogP contribution in [0.3, 0.4) is 0 Å². The lowest BCUT2D eigenvalue weighted by molar-refractivity contribution is -0.111. The minimum absolute atomic E-state index is 0.171. The number of fused-ring (bicyclic) bond motifs is 1. The van der Waals surface area contributed by atoms with Gasteiger partial charge >= 0.3 is 0 Å². The van der Waals surface area contributed by atoms with Crippen molar-refractivity contribution < 1.29 is 17.9 Å². The molecule has 6 nitrogen and oxygen atoms in total. The van der Waals surface area contributed by atoms with Crippen molar-refractivity contribution in [2.45, 2.75) is 24.7 Å². The number of rotatable bonds is 7. The zero-order valence-electron chi connectivity index (χ0n) is 15.1. The van der Waals surface area contributed by atoms with Crippen molar-refractivity contribution in [1.29, 1.82) is 0 Å². The quantitative estimate of drug-likeness (QED) is 0.717. The van der Waals surface area contributed by atoms with Gasteiger partial charge in [0.25, 0.3) is 0 Å². The third-order valence-corrected chi connectivity index (χ3v) is 5.59. The summed E-state index contributed by atoms with van der Waals surface area (Å²) in [5.74, 6) is 0.617. The molecule has 27 heavy (non-hydrogen) atoms. The molecule has 2 N–H and O–H groups in total. The van der Waals surface area contributed by atoms with E-state index in [2.05, 4.69) is 10.0 Å². The summed E-state index contributed by atoms with van der Waals surface area (Å²) in [4.78, 5) is 12.3. The molecule has 0 atom stereocenters. The minimum atomic E-state index is -3.51. The number of sulfonamides is 1. The Kier molecular flexibility index (Phi) is 5.93. The second kappa shape index (κ2) is 8.37. The molecule has 0 radical (unpaired) electrons. The maximum atomic E-state index is 12.1. The van der Waals surface area contributed by atoms with Crippen LogP contribution in [0.2, 0.25) is 0 Å². The van der Waals surface area contributed by atoms with Crippen molar-refractivity contribution in [3.63, 3.8) is 0 Å². The lowest BCUT2D eigenvalue weighted by Crippen LogP contribution is -2.24. The van der Waals surface area contributed by atoms with Gasteiger partial charge < -0.3 is 10.1 Å². The maximum absolute atomic E-state index is 12.1. The van der Waals surface area contributed by atoms with Crippen LogP contribution in [0.4, 0.5) is 5.69 Å². The Morgan fingerprint density at radius 1 is 1.19 bits per heavy atom. The summed E-state index contributed by atoms with van der Waals surface area (Å²) in [7, 11) is -3.51. The summed E-state index contributed by atoms with van der Waals surface area (Å²) in [6, 6.07) is 11.9. The van der Waals surface area contributed by atoms with Gasteiger partial charge in [-0.3, -0.25) is 4.79 Å². The zero-order valence-corrected chi connectivity index (χ0v) is 15.9. The SMILES string of the molecule is CCCNS(=O)(=O)c1ccc(NC(=O)/C=C/c2ccc3c(c2)CCO3)cc1. The molecule has 3 rings (SSSR count). The molecular weight excluding hydrogens is 364 g/mol. The van der Waals surface area contributed by atoms with Gasteiger partial charge in [-0.05, 0) is 60.0 Å². The number of hydrogen-bond donors (Lipinski definition) is 2. The molecule has 2 aromatic carbocycles. The molecule has 7 heteroatoms. The average Bonchev–Trinajstić information content (AvgIpc) is 3.13. The summed E-state index contributed by atoms with van der Waals surface area (Å²) < 4.78 is 32.1. The number of benzene rings is 2. The number of hydrogen-bond acceptors (Lipinski definition) is 4. The van der Waals surface area contributed by atoms with Gasteiger partial charge in [0.05, 0.1) is 11.5 Å². The van der Waals surface area contributed by atoms with E-state index >= 15 is 0 Å². The van der Waals surface area contributed by atoms with Crippen LogP contribution < -0.4 is 14.8 Å². The number of nitrogens with one attached hydrogen (secondary N) is 2. The van der Waals surface area contributed by atoms with Gasteiger partial charge in [0.2, 0.25) is 15.9 Å². The molecule has 0 fully saturated rings. The first-order chi connectivity index (χ1) is 13.0. The molecule has 1 aliphatic rings. The Balaban J connectivity index is 1.61. The maximum Gasteiger partial charge on any atom is 0.248 e. The second-order valence-corrected chi connectivity index (χ2v) is 7.98. The average molecular weight is 386 g/mol. The van der Waals surface area contributed by atoms with Gasteiger partial charge in [-0.1, -0.05) is 13.0 Å². The number of ether oxygens (including phenoxy) is 1. The lowest BCUT2D eigenvalue weighted by Gasteiger charge is -2.07. The van der Waals surface area contributed by atoms with E-state index < -0.39 is 10.0 Å². The third-order valence-electron chi connectivity index (χ3n) is 4.11. The van der Waals surface area contributed by atoms with E-state index in [4.69, 9.17) is 4.74 Å². The van der Waals surface area contributed by atoms with Crippen molar-refractivity contribution in [2.24, 2.45) is 0 Å². The van der Waals surface area contributed by atoms with Crippen molar-refractivity contribution in [1.82, 2.24) is 4.72 Å². The molecule has 0 saturated carbocycles. The second-order valence-electron chi connectivity index (χ2n) is 6.21. The van der Waals surface area contributed by atoms with E-state index in [1.807, 2.05) is 25.1 Å². The van der Waals surface area contributed by atoms with Crippen LogP contribution in [0.5, 0.6) is 5.75 Å². The molecule has 1 amide bonds. The topological polar surface area (TPSA) is 84.5 Å². The van der Waals surface area contributed by atoms with E-state index in [-0.39, 0.29) is 10.8 Å². The highest BCUT2D eigenvalue weighted by Crippen LogP contribution is 2.26. The molecule has 1 aliphatic heterocycles. The monoisotopic (exact) mass is 386 g/mol. The fourth-order valence-electron chi connectivity index (χ4n) is 2.70. The first kappa shape index (κ1) is 19.1. The first-order valence-corrected chi connectivity index (χ1v) is 10.3. The molecule has 0 spiro atoms.